The Hall–Kier alpha value is -4.35. The molecule has 2 N–H and O–H groups in total. The number of benzene rings is 2. The lowest BCUT2D eigenvalue weighted by atomic mass is 9.75. The van der Waals surface area contributed by atoms with Crippen molar-refractivity contribution in [1.82, 2.24) is 4.98 Å². The molecule has 1 fully saturated rings. The summed E-state index contributed by atoms with van der Waals surface area (Å²) in [7, 11) is 0. The van der Waals surface area contributed by atoms with Gasteiger partial charge in [-0.3, -0.25) is 4.79 Å². The largest absolute Gasteiger partial charge is 0.481 e. The molecule has 8 heteroatoms. The summed E-state index contributed by atoms with van der Waals surface area (Å²) >= 11 is 1.02. The van der Waals surface area contributed by atoms with Crippen molar-refractivity contribution in [3.8, 4) is 17.2 Å². The van der Waals surface area contributed by atoms with Crippen LogP contribution in [0.3, 0.4) is 0 Å². The van der Waals surface area contributed by atoms with Gasteiger partial charge in [0.25, 0.3) is 0 Å². The quantitative estimate of drug-likeness (QED) is 0.271. The fraction of sp³-hybridized carbons (Fsp3) is 0.314. The van der Waals surface area contributed by atoms with Crippen molar-refractivity contribution in [1.29, 1.82) is 5.26 Å². The van der Waals surface area contributed by atoms with Gasteiger partial charge in [0.15, 0.2) is 0 Å². The van der Waals surface area contributed by atoms with Gasteiger partial charge in [0, 0.05) is 22.5 Å². The average molecular weight is 594 g/mol. The van der Waals surface area contributed by atoms with Gasteiger partial charge in [0.2, 0.25) is 0 Å². The second-order valence-electron chi connectivity index (χ2n) is 11.5. The number of carboxylic acid groups (broad SMARTS) is 1. The Labute approximate surface area is 256 Å². The van der Waals surface area contributed by atoms with Crippen LogP contribution >= 0.6 is 11.8 Å². The van der Waals surface area contributed by atoms with Crippen molar-refractivity contribution in [2.45, 2.75) is 46.6 Å². The highest BCUT2D eigenvalue weighted by atomic mass is 32.2. The van der Waals surface area contributed by atoms with Crippen molar-refractivity contribution in [2.75, 3.05) is 5.75 Å². The lowest BCUT2D eigenvalue weighted by molar-refractivity contribution is -0.133. The molecule has 2 aliphatic rings. The number of carboxylic acids is 1. The van der Waals surface area contributed by atoms with E-state index in [0.29, 0.717) is 50.3 Å². The van der Waals surface area contributed by atoms with Crippen LogP contribution in [0.5, 0.6) is 0 Å². The van der Waals surface area contributed by atoms with E-state index in [9.17, 15) is 20.0 Å². The molecule has 3 aromatic rings. The molecule has 1 aliphatic carbocycles. The van der Waals surface area contributed by atoms with Crippen LogP contribution in [-0.4, -0.2) is 38.9 Å². The number of aliphatic imine (C=N–C) groups is 1. The molecule has 2 atom stereocenters. The highest BCUT2D eigenvalue weighted by Gasteiger charge is 2.36. The summed E-state index contributed by atoms with van der Waals surface area (Å²) in [6.07, 6.45) is 3.72. The Balaban J connectivity index is 1.63. The highest BCUT2D eigenvalue weighted by molar-refractivity contribution is 8.15. The molecule has 220 valence electrons. The monoisotopic (exact) mass is 593 g/mol. The molecule has 1 saturated carbocycles. The normalized spacial score (nSPS) is 22.8. The molecule has 1 aliphatic heterocycles. The Morgan fingerprint density at radius 2 is 1.65 bits per heavy atom. The molecule has 7 nitrogen and oxygen atoms in total. The third kappa shape index (κ3) is 6.37. The number of aromatic amines is 1. The topological polar surface area (TPSA) is 116 Å². The number of H-pyrrole nitrogens is 1. The molecular formula is C35H35N3O4S. The first-order chi connectivity index (χ1) is 20.7. The minimum atomic E-state index is -0.991. The van der Waals surface area contributed by atoms with Crippen molar-refractivity contribution in [3.63, 3.8) is 0 Å². The van der Waals surface area contributed by atoms with E-state index in [4.69, 9.17) is 9.73 Å². The van der Waals surface area contributed by atoms with Gasteiger partial charge < -0.3 is 14.8 Å². The summed E-state index contributed by atoms with van der Waals surface area (Å²) in [5.41, 5.74) is 5.59. The van der Waals surface area contributed by atoms with E-state index in [1.807, 2.05) is 73.7 Å². The van der Waals surface area contributed by atoms with Gasteiger partial charge in [-0.15, -0.1) is 0 Å². The first kappa shape index (κ1) is 30.1. The zero-order valence-corrected chi connectivity index (χ0v) is 25.6. The van der Waals surface area contributed by atoms with E-state index in [0.717, 1.165) is 35.7 Å². The van der Waals surface area contributed by atoms with Gasteiger partial charge in [-0.2, -0.15) is 5.26 Å². The zero-order valence-electron chi connectivity index (χ0n) is 24.8. The molecule has 1 aromatic heterocycles. The Morgan fingerprint density at radius 3 is 2.23 bits per heavy atom. The second kappa shape index (κ2) is 12.9. The Kier molecular flexibility index (Phi) is 9.02. The predicted octanol–water partition coefficient (Wildman–Crippen LogP) is 7.77. The summed E-state index contributed by atoms with van der Waals surface area (Å²) in [4.78, 5) is 33.4. The molecule has 0 saturated heterocycles. The maximum absolute atomic E-state index is 13.9. The number of esters is 1. The summed E-state index contributed by atoms with van der Waals surface area (Å²) in [5, 5.41) is 19.8. The standard InChI is InChI=1S/C35H35N3O4S/c1-20-15-21(2)33(22(3)16-20)42-35(41)30-23(4)37-28(32(30)25-13-9-6-10-14-25)17-27-31(24-11-7-5-8-12-24)26(18-36)34(38-27)43-19-29(39)40/h5-14,17,20-22,33,37H,15-16,19H2,1-4H3,(H,39,40). The van der Waals surface area contributed by atoms with Gasteiger partial charge in [0.05, 0.1) is 22.6 Å². The number of hydrogen-bond donors (Lipinski definition) is 2. The third-order valence-electron chi connectivity index (χ3n) is 8.13. The number of ether oxygens (including phenoxy) is 1. The van der Waals surface area contributed by atoms with Gasteiger partial charge in [-0.25, -0.2) is 9.79 Å². The Morgan fingerprint density at radius 1 is 1.05 bits per heavy atom. The van der Waals surface area contributed by atoms with Crippen molar-refractivity contribution < 1.29 is 19.4 Å². The molecule has 0 amide bonds. The molecule has 43 heavy (non-hydrogen) atoms. The number of carbonyl (C=O) groups is 2. The van der Waals surface area contributed by atoms with E-state index >= 15 is 0 Å². The molecular weight excluding hydrogens is 558 g/mol. The zero-order chi connectivity index (χ0) is 30.7. The van der Waals surface area contributed by atoms with E-state index < -0.39 is 5.97 Å². The maximum Gasteiger partial charge on any atom is 0.340 e. The fourth-order valence-electron chi connectivity index (χ4n) is 6.46. The minimum absolute atomic E-state index is 0.164. The van der Waals surface area contributed by atoms with Crippen LogP contribution in [0.15, 0.2) is 76.9 Å². The molecule has 0 radical (unpaired) electrons. The lowest BCUT2D eigenvalue weighted by Crippen LogP contribution is -2.37. The number of aromatic nitrogens is 1. The van der Waals surface area contributed by atoms with Crippen molar-refractivity contribution in [2.24, 2.45) is 22.7 Å². The molecule has 5 rings (SSSR count). The van der Waals surface area contributed by atoms with Crippen LogP contribution in [0.4, 0.5) is 0 Å². The van der Waals surface area contributed by atoms with Gasteiger partial charge in [-0.1, -0.05) is 93.2 Å². The molecule has 2 heterocycles. The number of aryl methyl sites for hydroxylation is 1. The van der Waals surface area contributed by atoms with Gasteiger partial charge in [0.1, 0.15) is 17.2 Å². The van der Waals surface area contributed by atoms with E-state index in [-0.39, 0.29) is 29.7 Å². The summed E-state index contributed by atoms with van der Waals surface area (Å²) in [5.74, 6) is -0.442. The fourth-order valence-corrected chi connectivity index (χ4v) is 7.17. The van der Waals surface area contributed by atoms with E-state index in [1.54, 1.807) is 0 Å². The van der Waals surface area contributed by atoms with Crippen LogP contribution in [-0.2, 0) is 9.53 Å². The Bertz CT molecular complexity index is 1650. The molecule has 0 bridgehead atoms. The summed E-state index contributed by atoms with van der Waals surface area (Å²) < 4.78 is 6.25. The van der Waals surface area contributed by atoms with E-state index in [2.05, 4.69) is 31.8 Å². The smallest absolute Gasteiger partial charge is 0.340 e. The van der Waals surface area contributed by atoms with Crippen molar-refractivity contribution >= 4 is 40.4 Å². The number of aliphatic carboxylic acids is 1. The molecule has 2 aromatic carbocycles. The van der Waals surface area contributed by atoms with Gasteiger partial charge >= 0.3 is 11.9 Å². The summed E-state index contributed by atoms with van der Waals surface area (Å²) in [6.45, 7) is 8.43. The second-order valence-corrected chi connectivity index (χ2v) is 12.5. The van der Waals surface area contributed by atoms with Crippen LogP contribution in [0.1, 0.15) is 60.9 Å². The molecule has 2 unspecified atom stereocenters. The van der Waals surface area contributed by atoms with Crippen LogP contribution < -0.4 is 0 Å². The lowest BCUT2D eigenvalue weighted by Gasteiger charge is -2.37. The third-order valence-corrected chi connectivity index (χ3v) is 9.09. The minimum Gasteiger partial charge on any atom is -0.481 e. The number of nitrogens with one attached hydrogen (secondary N) is 1. The van der Waals surface area contributed by atoms with Gasteiger partial charge in [-0.05, 0) is 54.7 Å². The number of allylic oxidation sites excluding steroid dienone is 1. The van der Waals surface area contributed by atoms with Crippen LogP contribution in [0.25, 0.3) is 22.8 Å². The number of carbonyl (C=O) groups excluding carboxylic acids is 1. The SMILES string of the molecule is Cc1[nH]c(C=C2N=C(SCC(=O)O)C(C#N)=C2c2ccccc2)c(-c2ccccc2)c1C(=O)OC1C(C)CC(C)CC1C. The number of rotatable bonds is 7. The van der Waals surface area contributed by atoms with E-state index in [1.165, 1.54) is 0 Å². The number of nitrogens with zero attached hydrogens (tertiary/aromatic N) is 2. The molecule has 0 spiro atoms. The maximum atomic E-state index is 13.9. The van der Waals surface area contributed by atoms with Crippen LogP contribution in [0, 0.1) is 36.0 Å². The van der Waals surface area contributed by atoms with Crippen LogP contribution in [0.2, 0.25) is 0 Å². The predicted molar refractivity (Wildman–Crippen MR) is 171 cm³/mol. The average Bonchev–Trinajstić information content (AvgIpc) is 3.50. The highest BCUT2D eigenvalue weighted by Crippen LogP contribution is 2.41. The number of thioether (sulfide) groups is 1. The van der Waals surface area contributed by atoms with Crippen molar-refractivity contribution in [3.05, 3.63) is 94.4 Å². The number of hydrogen-bond acceptors (Lipinski definition) is 6. The summed E-state index contributed by atoms with van der Waals surface area (Å²) in [6, 6.07) is 21.4. The first-order valence-corrected chi connectivity index (χ1v) is 15.5. The first-order valence-electron chi connectivity index (χ1n) is 14.5. The number of nitriles is 1.